The number of thioether (sulfide) groups is 1. The number of hydrogen-bond acceptors (Lipinski definition) is 3. The topological polar surface area (TPSA) is 38.0 Å². The first-order chi connectivity index (χ1) is 7.11. The van der Waals surface area contributed by atoms with Crippen LogP contribution in [0.5, 0.6) is 0 Å². The molecule has 0 bridgehead atoms. The minimum Gasteiger partial charge on any atom is -0.271 e. The second kappa shape index (κ2) is 5.79. The van der Waals surface area contributed by atoms with Gasteiger partial charge in [0.2, 0.25) is 0 Å². The van der Waals surface area contributed by atoms with Crippen LogP contribution in [0.3, 0.4) is 0 Å². The summed E-state index contributed by atoms with van der Waals surface area (Å²) in [5.74, 6) is 4.57. The van der Waals surface area contributed by atoms with Crippen molar-refractivity contribution >= 4 is 27.7 Å². The maximum absolute atomic E-state index is 13.6. The smallest absolute Gasteiger partial charge is 0.145 e. The molecule has 0 aromatic heterocycles. The van der Waals surface area contributed by atoms with Crippen LogP contribution in [0.15, 0.2) is 16.6 Å². The van der Waals surface area contributed by atoms with Crippen molar-refractivity contribution in [2.45, 2.75) is 6.04 Å². The highest BCUT2D eigenvalue weighted by Gasteiger charge is 2.20. The van der Waals surface area contributed by atoms with Gasteiger partial charge in [0.15, 0.2) is 0 Å². The van der Waals surface area contributed by atoms with Crippen molar-refractivity contribution in [3.05, 3.63) is 33.8 Å². The normalized spacial score (nSPS) is 12.9. The van der Waals surface area contributed by atoms with E-state index in [9.17, 15) is 8.78 Å². The Balaban J connectivity index is 3.15. The molecule has 1 aromatic carbocycles. The molecule has 0 radical (unpaired) electrons. The molecule has 0 amide bonds. The van der Waals surface area contributed by atoms with E-state index in [1.165, 1.54) is 23.9 Å². The van der Waals surface area contributed by atoms with Crippen LogP contribution in [0.1, 0.15) is 11.6 Å². The van der Waals surface area contributed by atoms with Crippen molar-refractivity contribution in [3.63, 3.8) is 0 Å². The van der Waals surface area contributed by atoms with Gasteiger partial charge in [0.05, 0.1) is 10.5 Å². The van der Waals surface area contributed by atoms with E-state index < -0.39 is 17.7 Å². The van der Waals surface area contributed by atoms with Gasteiger partial charge in [-0.05, 0) is 34.3 Å². The first-order valence-corrected chi connectivity index (χ1v) is 6.39. The highest BCUT2D eigenvalue weighted by atomic mass is 79.9. The minimum atomic E-state index is -0.605. The molecule has 84 valence electrons. The summed E-state index contributed by atoms with van der Waals surface area (Å²) < 4.78 is 27.3. The van der Waals surface area contributed by atoms with Crippen LogP contribution in [0.4, 0.5) is 8.78 Å². The minimum absolute atomic E-state index is 0.0266. The predicted octanol–water partition coefficient (Wildman–Crippen LogP) is 2.59. The van der Waals surface area contributed by atoms with Gasteiger partial charge in [-0.1, -0.05) is 0 Å². The van der Waals surface area contributed by atoms with Gasteiger partial charge in [0, 0.05) is 11.3 Å². The summed E-state index contributed by atoms with van der Waals surface area (Å²) in [4.78, 5) is 0. The molecule has 2 nitrogen and oxygen atoms in total. The van der Waals surface area contributed by atoms with Crippen molar-refractivity contribution < 1.29 is 8.78 Å². The van der Waals surface area contributed by atoms with Gasteiger partial charge in [-0.25, -0.2) is 8.78 Å². The van der Waals surface area contributed by atoms with Crippen molar-refractivity contribution in [1.29, 1.82) is 0 Å². The highest BCUT2D eigenvalue weighted by molar-refractivity contribution is 9.10. The molecule has 1 unspecified atom stereocenters. The molecule has 6 heteroatoms. The first kappa shape index (κ1) is 12.9. The van der Waals surface area contributed by atoms with Gasteiger partial charge in [-0.15, -0.1) is 0 Å². The molecule has 0 aliphatic rings. The van der Waals surface area contributed by atoms with Crippen molar-refractivity contribution in [1.82, 2.24) is 5.43 Å². The SMILES string of the molecule is CSCC(NN)c1c(F)ccc(Br)c1F. The molecule has 0 saturated carbocycles. The van der Waals surface area contributed by atoms with E-state index in [0.717, 1.165) is 0 Å². The Labute approximate surface area is 99.7 Å². The fourth-order valence-corrected chi connectivity index (χ4v) is 2.19. The lowest BCUT2D eigenvalue weighted by Crippen LogP contribution is -2.31. The molecule has 0 fully saturated rings. The van der Waals surface area contributed by atoms with Gasteiger partial charge in [0.25, 0.3) is 0 Å². The molecule has 0 aliphatic heterocycles. The average molecular weight is 297 g/mol. The third-order valence-electron chi connectivity index (χ3n) is 1.96. The summed E-state index contributed by atoms with van der Waals surface area (Å²) in [7, 11) is 0. The molecule has 1 rings (SSSR count). The number of halogens is 3. The molecular weight excluding hydrogens is 286 g/mol. The fourth-order valence-electron chi connectivity index (χ4n) is 1.24. The zero-order valence-electron chi connectivity index (χ0n) is 8.06. The van der Waals surface area contributed by atoms with Crippen molar-refractivity contribution in [2.75, 3.05) is 12.0 Å². The van der Waals surface area contributed by atoms with Crippen molar-refractivity contribution in [2.24, 2.45) is 5.84 Å². The number of rotatable bonds is 4. The van der Waals surface area contributed by atoms with E-state index in [2.05, 4.69) is 21.4 Å². The summed E-state index contributed by atoms with van der Waals surface area (Å²) in [5, 5.41) is 0. The van der Waals surface area contributed by atoms with Crippen molar-refractivity contribution in [3.8, 4) is 0 Å². The predicted molar refractivity (Wildman–Crippen MR) is 62.5 cm³/mol. The number of nitrogens with two attached hydrogens (primary N) is 1. The zero-order valence-corrected chi connectivity index (χ0v) is 10.5. The molecule has 1 atom stereocenters. The summed E-state index contributed by atoms with van der Waals surface area (Å²) in [5.41, 5.74) is 2.38. The lowest BCUT2D eigenvalue weighted by Gasteiger charge is -2.17. The summed E-state index contributed by atoms with van der Waals surface area (Å²) in [6, 6.07) is 2.02. The van der Waals surface area contributed by atoms with Crippen LogP contribution in [0.2, 0.25) is 0 Å². The molecule has 0 aliphatic carbocycles. The lowest BCUT2D eigenvalue weighted by atomic mass is 10.1. The highest BCUT2D eigenvalue weighted by Crippen LogP contribution is 2.27. The molecule has 15 heavy (non-hydrogen) atoms. The van der Waals surface area contributed by atoms with Gasteiger partial charge in [-0.3, -0.25) is 11.3 Å². The zero-order chi connectivity index (χ0) is 11.4. The van der Waals surface area contributed by atoms with Gasteiger partial charge < -0.3 is 0 Å². The first-order valence-electron chi connectivity index (χ1n) is 4.20. The van der Waals surface area contributed by atoms with Gasteiger partial charge in [0.1, 0.15) is 11.6 Å². The molecule has 0 saturated heterocycles. The Bertz CT molecular complexity index is 349. The third kappa shape index (κ3) is 2.90. The second-order valence-corrected chi connectivity index (χ2v) is 4.70. The average Bonchev–Trinajstić information content (AvgIpc) is 2.22. The van der Waals surface area contributed by atoms with Gasteiger partial charge in [-0.2, -0.15) is 11.8 Å². The Morgan fingerprint density at radius 3 is 2.73 bits per heavy atom. The Kier molecular flexibility index (Phi) is 4.98. The largest absolute Gasteiger partial charge is 0.271 e. The van der Waals surface area contributed by atoms with Crippen LogP contribution in [-0.4, -0.2) is 12.0 Å². The van der Waals surface area contributed by atoms with E-state index in [1.54, 1.807) is 0 Å². The monoisotopic (exact) mass is 296 g/mol. The summed E-state index contributed by atoms with van der Waals surface area (Å²) in [6.07, 6.45) is 1.85. The van der Waals surface area contributed by atoms with E-state index >= 15 is 0 Å². The number of nitrogens with one attached hydrogen (secondary N) is 1. The molecule has 0 heterocycles. The summed E-state index contributed by atoms with van der Waals surface area (Å²) in [6.45, 7) is 0. The fraction of sp³-hybridized carbons (Fsp3) is 0.333. The second-order valence-electron chi connectivity index (χ2n) is 2.93. The quantitative estimate of drug-likeness (QED) is 0.510. The Morgan fingerprint density at radius 2 is 2.20 bits per heavy atom. The number of benzene rings is 1. The van der Waals surface area contributed by atoms with Crippen LogP contribution < -0.4 is 11.3 Å². The maximum atomic E-state index is 13.6. The van der Waals surface area contributed by atoms with E-state index in [1.807, 2.05) is 6.26 Å². The number of hydrazine groups is 1. The van der Waals surface area contributed by atoms with E-state index in [-0.39, 0.29) is 10.0 Å². The standard InChI is InChI=1S/C9H11BrF2N2S/c1-15-4-7(14-13)8-6(11)3-2-5(10)9(8)12/h2-3,7,14H,4,13H2,1H3. The third-order valence-corrected chi connectivity index (χ3v) is 3.24. The molecular formula is C9H11BrF2N2S. The van der Waals surface area contributed by atoms with Crippen LogP contribution >= 0.6 is 27.7 Å². The Hall–Kier alpha value is -0.170. The van der Waals surface area contributed by atoms with Gasteiger partial charge >= 0.3 is 0 Å². The van der Waals surface area contributed by atoms with Crippen LogP contribution in [0.25, 0.3) is 0 Å². The van der Waals surface area contributed by atoms with Crippen LogP contribution in [-0.2, 0) is 0 Å². The molecule has 0 spiro atoms. The maximum Gasteiger partial charge on any atom is 0.145 e. The summed E-state index contributed by atoms with van der Waals surface area (Å²) >= 11 is 4.47. The number of hydrogen-bond donors (Lipinski definition) is 2. The molecule has 1 aromatic rings. The lowest BCUT2D eigenvalue weighted by molar-refractivity contribution is 0.497. The van der Waals surface area contributed by atoms with Crippen LogP contribution in [0, 0.1) is 11.6 Å². The Morgan fingerprint density at radius 1 is 1.53 bits per heavy atom. The van der Waals surface area contributed by atoms with E-state index in [4.69, 9.17) is 5.84 Å². The van der Waals surface area contributed by atoms with E-state index in [0.29, 0.717) is 5.75 Å². The molecule has 3 N–H and O–H groups in total.